The predicted octanol–water partition coefficient (Wildman–Crippen LogP) is 4.16. The Morgan fingerprint density at radius 3 is 2.16 bits per heavy atom. The van der Waals surface area contributed by atoms with Gasteiger partial charge in [-0.1, -0.05) is 29.8 Å². The van der Waals surface area contributed by atoms with Crippen LogP contribution >= 0.6 is 11.3 Å². The van der Waals surface area contributed by atoms with Crippen LogP contribution in [0.5, 0.6) is 0 Å². The SMILES string of the molecule is Cc1ccc(C(NC(C)C)c2nc(C)c(C)s2)cc1. The van der Waals surface area contributed by atoms with Crippen LogP contribution in [0.4, 0.5) is 0 Å². The van der Waals surface area contributed by atoms with Crippen LogP contribution in [0.25, 0.3) is 0 Å². The smallest absolute Gasteiger partial charge is 0.115 e. The molecule has 0 spiro atoms. The first kappa shape index (κ1) is 14.2. The molecular weight excluding hydrogens is 252 g/mol. The Morgan fingerprint density at radius 2 is 1.68 bits per heavy atom. The lowest BCUT2D eigenvalue weighted by Gasteiger charge is -2.20. The van der Waals surface area contributed by atoms with E-state index in [2.05, 4.69) is 64.2 Å². The molecule has 0 amide bonds. The molecule has 2 aromatic rings. The monoisotopic (exact) mass is 274 g/mol. The van der Waals surface area contributed by atoms with E-state index in [1.165, 1.54) is 16.0 Å². The summed E-state index contributed by atoms with van der Waals surface area (Å²) in [5.74, 6) is 0. The van der Waals surface area contributed by atoms with Crippen molar-refractivity contribution in [3.8, 4) is 0 Å². The maximum atomic E-state index is 4.72. The van der Waals surface area contributed by atoms with Crippen LogP contribution in [-0.4, -0.2) is 11.0 Å². The van der Waals surface area contributed by atoms with Gasteiger partial charge in [0.25, 0.3) is 0 Å². The number of rotatable bonds is 4. The first-order chi connectivity index (χ1) is 8.97. The topological polar surface area (TPSA) is 24.9 Å². The van der Waals surface area contributed by atoms with Crippen LogP contribution in [0.15, 0.2) is 24.3 Å². The van der Waals surface area contributed by atoms with E-state index in [-0.39, 0.29) is 6.04 Å². The number of hydrogen-bond donors (Lipinski definition) is 1. The summed E-state index contributed by atoms with van der Waals surface area (Å²) in [5, 5.41) is 4.78. The van der Waals surface area contributed by atoms with E-state index in [4.69, 9.17) is 4.98 Å². The summed E-state index contributed by atoms with van der Waals surface area (Å²) in [6, 6.07) is 9.34. The van der Waals surface area contributed by atoms with E-state index < -0.39 is 0 Å². The molecule has 3 heteroatoms. The lowest BCUT2D eigenvalue weighted by molar-refractivity contribution is 0.526. The molecule has 2 nitrogen and oxygen atoms in total. The average molecular weight is 274 g/mol. The summed E-state index contributed by atoms with van der Waals surface area (Å²) >= 11 is 1.79. The Balaban J connectivity index is 2.37. The number of aromatic nitrogens is 1. The molecule has 0 aliphatic rings. The van der Waals surface area contributed by atoms with E-state index in [0.29, 0.717) is 6.04 Å². The molecule has 0 saturated carbocycles. The van der Waals surface area contributed by atoms with Crippen molar-refractivity contribution in [2.24, 2.45) is 0 Å². The predicted molar refractivity (Wildman–Crippen MR) is 82.9 cm³/mol. The van der Waals surface area contributed by atoms with Gasteiger partial charge in [-0.05, 0) is 40.2 Å². The lowest BCUT2D eigenvalue weighted by Crippen LogP contribution is -2.28. The number of aryl methyl sites for hydroxylation is 3. The van der Waals surface area contributed by atoms with Gasteiger partial charge in [-0.2, -0.15) is 0 Å². The maximum Gasteiger partial charge on any atom is 0.115 e. The van der Waals surface area contributed by atoms with Gasteiger partial charge in [-0.15, -0.1) is 11.3 Å². The van der Waals surface area contributed by atoms with Gasteiger partial charge < -0.3 is 5.32 Å². The number of benzene rings is 1. The van der Waals surface area contributed by atoms with E-state index in [1.807, 2.05) is 0 Å². The van der Waals surface area contributed by atoms with Gasteiger partial charge in [0.05, 0.1) is 11.7 Å². The number of thiazole rings is 1. The zero-order valence-corrected chi connectivity index (χ0v) is 13.1. The normalized spacial score (nSPS) is 12.9. The summed E-state index contributed by atoms with van der Waals surface area (Å²) in [7, 11) is 0. The van der Waals surface area contributed by atoms with Crippen LogP contribution in [0.3, 0.4) is 0 Å². The van der Waals surface area contributed by atoms with Crippen molar-refractivity contribution in [1.29, 1.82) is 0 Å². The van der Waals surface area contributed by atoms with Crippen molar-refractivity contribution in [3.63, 3.8) is 0 Å². The number of nitrogens with zero attached hydrogens (tertiary/aromatic N) is 1. The zero-order valence-electron chi connectivity index (χ0n) is 12.3. The third-order valence-corrected chi connectivity index (χ3v) is 4.34. The molecule has 2 rings (SSSR count). The van der Waals surface area contributed by atoms with E-state index in [1.54, 1.807) is 11.3 Å². The second-order valence-electron chi connectivity index (χ2n) is 5.36. The second kappa shape index (κ2) is 5.85. The first-order valence-corrected chi connectivity index (χ1v) is 7.55. The molecule has 0 radical (unpaired) electrons. The van der Waals surface area contributed by atoms with Gasteiger partial charge in [0.1, 0.15) is 5.01 Å². The first-order valence-electron chi connectivity index (χ1n) is 6.74. The number of nitrogens with one attached hydrogen (secondary N) is 1. The minimum atomic E-state index is 0.193. The molecule has 0 bridgehead atoms. The molecule has 102 valence electrons. The fourth-order valence-corrected chi connectivity index (χ4v) is 3.03. The fraction of sp³-hybridized carbons (Fsp3) is 0.438. The minimum Gasteiger partial charge on any atom is -0.302 e. The number of hydrogen-bond acceptors (Lipinski definition) is 3. The summed E-state index contributed by atoms with van der Waals surface area (Å²) in [6.07, 6.45) is 0. The van der Waals surface area contributed by atoms with Crippen LogP contribution in [0.2, 0.25) is 0 Å². The van der Waals surface area contributed by atoms with Crippen LogP contribution in [0.1, 0.15) is 46.6 Å². The molecule has 1 atom stereocenters. The largest absolute Gasteiger partial charge is 0.302 e. The Hall–Kier alpha value is -1.19. The van der Waals surface area contributed by atoms with Crippen molar-refractivity contribution >= 4 is 11.3 Å². The average Bonchev–Trinajstić information content (AvgIpc) is 2.67. The highest BCUT2D eigenvalue weighted by Gasteiger charge is 2.19. The molecular formula is C16H22N2S. The Labute approximate surface area is 119 Å². The van der Waals surface area contributed by atoms with Crippen LogP contribution < -0.4 is 5.32 Å². The molecule has 0 aliphatic carbocycles. The van der Waals surface area contributed by atoms with Crippen molar-refractivity contribution in [2.75, 3.05) is 0 Å². The molecule has 1 heterocycles. The van der Waals surface area contributed by atoms with Gasteiger partial charge in [-0.3, -0.25) is 0 Å². The van der Waals surface area contributed by atoms with Crippen molar-refractivity contribution in [2.45, 2.75) is 46.7 Å². The van der Waals surface area contributed by atoms with Crippen LogP contribution in [0, 0.1) is 20.8 Å². The Bertz CT molecular complexity index is 521. The van der Waals surface area contributed by atoms with Gasteiger partial charge in [0.2, 0.25) is 0 Å². The highest BCUT2D eigenvalue weighted by Crippen LogP contribution is 2.28. The van der Waals surface area contributed by atoms with Crippen molar-refractivity contribution in [3.05, 3.63) is 51.0 Å². The minimum absolute atomic E-state index is 0.193. The van der Waals surface area contributed by atoms with E-state index in [9.17, 15) is 0 Å². The van der Waals surface area contributed by atoms with Gasteiger partial charge in [0.15, 0.2) is 0 Å². The van der Waals surface area contributed by atoms with Gasteiger partial charge in [0, 0.05) is 10.9 Å². The van der Waals surface area contributed by atoms with Gasteiger partial charge in [-0.25, -0.2) is 4.98 Å². The maximum absolute atomic E-state index is 4.72. The molecule has 1 aromatic carbocycles. The molecule has 0 fully saturated rings. The quantitative estimate of drug-likeness (QED) is 0.905. The Kier molecular flexibility index (Phi) is 4.38. The van der Waals surface area contributed by atoms with E-state index in [0.717, 1.165) is 10.7 Å². The van der Waals surface area contributed by atoms with E-state index >= 15 is 0 Å². The van der Waals surface area contributed by atoms with Crippen molar-refractivity contribution < 1.29 is 0 Å². The third kappa shape index (κ3) is 3.43. The summed E-state index contributed by atoms with van der Waals surface area (Å²) < 4.78 is 0. The van der Waals surface area contributed by atoms with Gasteiger partial charge >= 0.3 is 0 Å². The zero-order chi connectivity index (χ0) is 14.0. The summed E-state index contributed by atoms with van der Waals surface area (Å²) in [6.45, 7) is 10.7. The second-order valence-corrected chi connectivity index (χ2v) is 6.59. The highest BCUT2D eigenvalue weighted by molar-refractivity contribution is 7.11. The standard InChI is InChI=1S/C16H22N2S/c1-10(2)17-15(14-8-6-11(3)7-9-14)16-18-12(4)13(5)19-16/h6-10,15,17H,1-5H3. The fourth-order valence-electron chi connectivity index (χ4n) is 2.02. The highest BCUT2D eigenvalue weighted by atomic mass is 32.1. The third-order valence-electron chi connectivity index (χ3n) is 3.20. The molecule has 0 aliphatic heterocycles. The molecule has 19 heavy (non-hydrogen) atoms. The summed E-state index contributed by atoms with van der Waals surface area (Å²) in [5.41, 5.74) is 3.72. The molecule has 0 saturated heterocycles. The van der Waals surface area contributed by atoms with Crippen molar-refractivity contribution in [1.82, 2.24) is 10.3 Å². The lowest BCUT2D eigenvalue weighted by atomic mass is 10.0. The molecule has 1 N–H and O–H groups in total. The Morgan fingerprint density at radius 1 is 1.05 bits per heavy atom. The summed E-state index contributed by atoms with van der Waals surface area (Å²) in [4.78, 5) is 6.02. The molecule has 1 unspecified atom stereocenters. The molecule has 1 aromatic heterocycles. The van der Waals surface area contributed by atoms with Crippen LogP contribution in [-0.2, 0) is 0 Å².